The SMILES string of the molecule is CC(C)(Cl)C(O)CCl. The number of halogens is 2. The Morgan fingerprint density at radius 2 is 2.00 bits per heavy atom. The van der Waals surface area contributed by atoms with Gasteiger partial charge < -0.3 is 5.11 Å². The largest absolute Gasteiger partial charge is 0.390 e. The van der Waals surface area contributed by atoms with Gasteiger partial charge in [0.25, 0.3) is 0 Å². The zero-order chi connectivity index (χ0) is 6.78. The average Bonchev–Trinajstić information content (AvgIpc) is 1.62. The van der Waals surface area contributed by atoms with E-state index in [4.69, 9.17) is 28.3 Å². The first-order chi connectivity index (χ1) is 3.48. The topological polar surface area (TPSA) is 20.2 Å². The summed E-state index contributed by atoms with van der Waals surface area (Å²) < 4.78 is 0. The molecular weight excluding hydrogens is 147 g/mol. The lowest BCUT2D eigenvalue weighted by Gasteiger charge is -2.20. The third kappa shape index (κ3) is 2.75. The monoisotopic (exact) mass is 156 g/mol. The van der Waals surface area contributed by atoms with Crippen molar-refractivity contribution in [3.63, 3.8) is 0 Å². The van der Waals surface area contributed by atoms with Gasteiger partial charge in [0.05, 0.1) is 16.9 Å². The van der Waals surface area contributed by atoms with E-state index in [1.165, 1.54) is 0 Å². The second-order valence-electron chi connectivity index (χ2n) is 2.23. The molecule has 0 amide bonds. The molecule has 0 spiro atoms. The van der Waals surface area contributed by atoms with Crippen molar-refractivity contribution in [2.24, 2.45) is 0 Å². The molecule has 1 unspecified atom stereocenters. The molecule has 0 radical (unpaired) electrons. The summed E-state index contributed by atoms with van der Waals surface area (Å²) in [5.74, 6) is 0.191. The number of aliphatic hydroxyl groups excluding tert-OH is 1. The summed E-state index contributed by atoms with van der Waals surface area (Å²) in [5.41, 5.74) is 0. The van der Waals surface area contributed by atoms with Gasteiger partial charge in [-0.05, 0) is 13.8 Å². The molecule has 0 aliphatic carbocycles. The van der Waals surface area contributed by atoms with E-state index in [1.54, 1.807) is 13.8 Å². The summed E-state index contributed by atoms with van der Waals surface area (Å²) in [6.45, 7) is 3.45. The van der Waals surface area contributed by atoms with Gasteiger partial charge in [0.15, 0.2) is 0 Å². The Labute approximate surface area is 59.6 Å². The third-order valence-corrected chi connectivity index (χ3v) is 1.48. The maximum absolute atomic E-state index is 8.93. The van der Waals surface area contributed by atoms with E-state index in [0.717, 1.165) is 0 Å². The zero-order valence-corrected chi connectivity index (χ0v) is 6.50. The summed E-state index contributed by atoms with van der Waals surface area (Å²) in [4.78, 5) is -0.595. The molecule has 0 saturated carbocycles. The van der Waals surface area contributed by atoms with Crippen LogP contribution in [-0.4, -0.2) is 22.0 Å². The van der Waals surface area contributed by atoms with Crippen molar-refractivity contribution >= 4 is 23.2 Å². The van der Waals surface area contributed by atoms with Gasteiger partial charge in [0.1, 0.15) is 0 Å². The van der Waals surface area contributed by atoms with Crippen LogP contribution in [0.5, 0.6) is 0 Å². The quantitative estimate of drug-likeness (QED) is 0.603. The van der Waals surface area contributed by atoms with Crippen molar-refractivity contribution in [2.75, 3.05) is 5.88 Å². The number of alkyl halides is 2. The van der Waals surface area contributed by atoms with Gasteiger partial charge in [-0.3, -0.25) is 0 Å². The molecule has 50 valence electrons. The van der Waals surface area contributed by atoms with Gasteiger partial charge >= 0.3 is 0 Å². The summed E-state index contributed by atoms with van der Waals surface area (Å²) in [5, 5.41) is 8.93. The molecule has 0 aliphatic rings. The minimum Gasteiger partial charge on any atom is -0.390 e. The van der Waals surface area contributed by atoms with Gasteiger partial charge in [-0.1, -0.05) is 0 Å². The van der Waals surface area contributed by atoms with Gasteiger partial charge in [-0.15, -0.1) is 23.2 Å². The number of hydrogen-bond acceptors (Lipinski definition) is 1. The van der Waals surface area contributed by atoms with Crippen LogP contribution in [0, 0.1) is 0 Å². The molecule has 0 fully saturated rings. The van der Waals surface area contributed by atoms with E-state index < -0.39 is 11.0 Å². The first kappa shape index (κ1) is 8.54. The summed E-state index contributed by atoms with van der Waals surface area (Å²) >= 11 is 11.0. The zero-order valence-electron chi connectivity index (χ0n) is 4.99. The summed E-state index contributed by atoms with van der Waals surface area (Å²) in [6, 6.07) is 0. The highest BCUT2D eigenvalue weighted by Gasteiger charge is 2.23. The third-order valence-electron chi connectivity index (χ3n) is 0.939. The highest BCUT2D eigenvalue weighted by molar-refractivity contribution is 6.25. The molecule has 0 aromatic heterocycles. The lowest BCUT2D eigenvalue weighted by atomic mass is 10.1. The maximum Gasteiger partial charge on any atom is 0.0861 e. The molecule has 0 heterocycles. The molecule has 8 heavy (non-hydrogen) atoms. The van der Waals surface area contributed by atoms with Crippen LogP contribution < -0.4 is 0 Å². The Hall–Kier alpha value is 0.540. The molecule has 0 aromatic rings. The van der Waals surface area contributed by atoms with Crippen LogP contribution in [0.15, 0.2) is 0 Å². The Kier molecular flexibility index (Phi) is 3.10. The lowest BCUT2D eigenvalue weighted by molar-refractivity contribution is 0.161. The van der Waals surface area contributed by atoms with Crippen LogP contribution in [0.2, 0.25) is 0 Å². The van der Waals surface area contributed by atoms with Crippen molar-refractivity contribution in [3.8, 4) is 0 Å². The van der Waals surface area contributed by atoms with Crippen LogP contribution in [-0.2, 0) is 0 Å². The fourth-order valence-corrected chi connectivity index (χ4v) is 0.725. The first-order valence-corrected chi connectivity index (χ1v) is 3.32. The molecule has 0 aliphatic heterocycles. The summed E-state index contributed by atoms with van der Waals surface area (Å²) in [6.07, 6.45) is -0.620. The molecule has 0 saturated heterocycles. The standard InChI is InChI=1S/C5H10Cl2O/c1-5(2,7)4(8)3-6/h4,8H,3H2,1-2H3. The highest BCUT2D eigenvalue weighted by atomic mass is 35.5. The van der Waals surface area contributed by atoms with E-state index in [9.17, 15) is 0 Å². The molecule has 1 nitrogen and oxygen atoms in total. The van der Waals surface area contributed by atoms with Crippen molar-refractivity contribution < 1.29 is 5.11 Å². The van der Waals surface area contributed by atoms with E-state index in [-0.39, 0.29) is 5.88 Å². The smallest absolute Gasteiger partial charge is 0.0861 e. The Morgan fingerprint density at radius 1 is 1.62 bits per heavy atom. The summed E-state index contributed by atoms with van der Waals surface area (Å²) in [7, 11) is 0. The van der Waals surface area contributed by atoms with Crippen molar-refractivity contribution in [1.29, 1.82) is 0 Å². The first-order valence-electron chi connectivity index (χ1n) is 2.41. The predicted octanol–water partition coefficient (Wildman–Crippen LogP) is 1.60. The fraction of sp³-hybridized carbons (Fsp3) is 1.00. The highest BCUT2D eigenvalue weighted by Crippen LogP contribution is 2.18. The van der Waals surface area contributed by atoms with E-state index in [0.29, 0.717) is 0 Å². The van der Waals surface area contributed by atoms with Crippen LogP contribution in [0.4, 0.5) is 0 Å². The lowest BCUT2D eigenvalue weighted by Crippen LogP contribution is -2.31. The molecule has 0 bridgehead atoms. The molecule has 1 atom stereocenters. The molecule has 3 heteroatoms. The number of hydrogen-bond donors (Lipinski definition) is 1. The van der Waals surface area contributed by atoms with Crippen LogP contribution in [0.3, 0.4) is 0 Å². The van der Waals surface area contributed by atoms with E-state index >= 15 is 0 Å². The van der Waals surface area contributed by atoms with Gasteiger partial charge in [-0.25, -0.2) is 0 Å². The number of rotatable bonds is 2. The number of aliphatic hydroxyl groups is 1. The van der Waals surface area contributed by atoms with Crippen LogP contribution in [0.1, 0.15) is 13.8 Å². The minimum absolute atomic E-state index is 0.191. The van der Waals surface area contributed by atoms with Gasteiger partial charge in [-0.2, -0.15) is 0 Å². The average molecular weight is 157 g/mol. The second kappa shape index (κ2) is 2.90. The van der Waals surface area contributed by atoms with Crippen LogP contribution in [0.25, 0.3) is 0 Å². The Bertz CT molecular complexity index is 67.3. The van der Waals surface area contributed by atoms with Crippen molar-refractivity contribution in [1.82, 2.24) is 0 Å². The maximum atomic E-state index is 8.93. The Balaban J connectivity index is 3.62. The molecule has 0 rings (SSSR count). The molecule has 1 N–H and O–H groups in total. The minimum atomic E-state index is -0.620. The molecule has 0 aromatic carbocycles. The van der Waals surface area contributed by atoms with Crippen molar-refractivity contribution in [3.05, 3.63) is 0 Å². The van der Waals surface area contributed by atoms with Gasteiger partial charge in [0, 0.05) is 0 Å². The second-order valence-corrected chi connectivity index (χ2v) is 3.52. The normalized spacial score (nSPS) is 16.1. The Morgan fingerprint density at radius 3 is 2.00 bits per heavy atom. The van der Waals surface area contributed by atoms with E-state index in [1.807, 2.05) is 0 Å². The predicted molar refractivity (Wildman–Crippen MR) is 36.7 cm³/mol. The molecular formula is C5H10Cl2O. The fourth-order valence-electron chi connectivity index (χ4n) is 0.183. The van der Waals surface area contributed by atoms with Crippen molar-refractivity contribution in [2.45, 2.75) is 24.8 Å². The van der Waals surface area contributed by atoms with Gasteiger partial charge in [0.2, 0.25) is 0 Å². The van der Waals surface area contributed by atoms with E-state index in [2.05, 4.69) is 0 Å². The van der Waals surface area contributed by atoms with Crippen LogP contribution >= 0.6 is 23.2 Å².